The Morgan fingerprint density at radius 1 is 0.852 bits per heavy atom. The molecule has 4 fully saturated rings. The molecule has 4 rings (SSSR count). The van der Waals surface area contributed by atoms with Gasteiger partial charge in [-0.2, -0.15) is 0 Å². The molecule has 1 N–H and O–H groups in total. The highest BCUT2D eigenvalue weighted by molar-refractivity contribution is 5.11. The van der Waals surface area contributed by atoms with E-state index in [2.05, 4.69) is 39.9 Å². The Balaban J connectivity index is 1.46. The molecule has 4 aliphatic rings. The van der Waals surface area contributed by atoms with E-state index in [4.69, 9.17) is 0 Å². The summed E-state index contributed by atoms with van der Waals surface area (Å²) in [7, 11) is 0. The Labute approximate surface area is 169 Å². The van der Waals surface area contributed by atoms with Crippen molar-refractivity contribution in [1.82, 2.24) is 5.32 Å². The van der Waals surface area contributed by atoms with Gasteiger partial charge in [0.2, 0.25) is 0 Å². The Morgan fingerprint density at radius 2 is 1.63 bits per heavy atom. The molecule has 27 heavy (non-hydrogen) atoms. The first-order valence-corrected chi connectivity index (χ1v) is 12.6. The molecule has 1 aliphatic heterocycles. The third kappa shape index (κ3) is 3.43. The average molecular weight is 374 g/mol. The number of nitrogens with one attached hydrogen (secondary N) is 1. The van der Waals surface area contributed by atoms with E-state index in [1.807, 2.05) is 0 Å². The molecule has 3 saturated carbocycles. The number of hydrogen-bond donors (Lipinski definition) is 1. The van der Waals surface area contributed by atoms with Crippen molar-refractivity contribution in [1.29, 1.82) is 0 Å². The van der Waals surface area contributed by atoms with Crippen molar-refractivity contribution in [3.8, 4) is 0 Å². The maximum Gasteiger partial charge on any atom is 0.0124 e. The molecule has 0 bridgehead atoms. The van der Waals surface area contributed by atoms with Crippen molar-refractivity contribution in [3.05, 3.63) is 0 Å². The van der Waals surface area contributed by atoms with Gasteiger partial charge in [0.15, 0.2) is 0 Å². The summed E-state index contributed by atoms with van der Waals surface area (Å²) >= 11 is 0. The number of rotatable bonds is 5. The lowest BCUT2D eigenvalue weighted by atomic mass is 9.48. The van der Waals surface area contributed by atoms with Gasteiger partial charge in [-0.25, -0.2) is 0 Å². The van der Waals surface area contributed by atoms with E-state index in [-0.39, 0.29) is 0 Å². The zero-order chi connectivity index (χ0) is 19.2. The zero-order valence-corrected chi connectivity index (χ0v) is 19.0. The first kappa shape index (κ1) is 20.2. The molecule has 0 radical (unpaired) electrons. The van der Waals surface area contributed by atoms with Gasteiger partial charge in [-0.15, -0.1) is 0 Å². The van der Waals surface area contributed by atoms with Gasteiger partial charge in [0.25, 0.3) is 0 Å². The summed E-state index contributed by atoms with van der Waals surface area (Å²) in [5.41, 5.74) is 1.24. The van der Waals surface area contributed by atoms with Crippen LogP contribution < -0.4 is 5.32 Å². The summed E-state index contributed by atoms with van der Waals surface area (Å²) in [6.45, 7) is 14.1. The minimum Gasteiger partial charge on any atom is -0.313 e. The molecule has 1 nitrogen and oxygen atoms in total. The molecule has 8 unspecified atom stereocenters. The van der Waals surface area contributed by atoms with Gasteiger partial charge in [-0.05, 0) is 91.4 Å². The fourth-order valence-electron chi connectivity index (χ4n) is 8.83. The van der Waals surface area contributed by atoms with Gasteiger partial charge in [0.1, 0.15) is 0 Å². The Hall–Kier alpha value is -0.0400. The fourth-order valence-corrected chi connectivity index (χ4v) is 8.83. The topological polar surface area (TPSA) is 12.0 Å². The molecule has 1 saturated heterocycles. The predicted octanol–water partition coefficient (Wildman–Crippen LogP) is 7.06. The second-order valence-corrected chi connectivity index (χ2v) is 12.1. The van der Waals surface area contributed by atoms with Crippen LogP contribution in [0.5, 0.6) is 0 Å². The third-order valence-electron chi connectivity index (χ3n) is 10.3. The lowest BCUT2D eigenvalue weighted by Gasteiger charge is -2.61. The smallest absolute Gasteiger partial charge is 0.0124 e. The van der Waals surface area contributed by atoms with Crippen molar-refractivity contribution >= 4 is 0 Å². The molecule has 156 valence electrons. The molecular weight excluding hydrogens is 326 g/mol. The van der Waals surface area contributed by atoms with E-state index < -0.39 is 0 Å². The van der Waals surface area contributed by atoms with Crippen LogP contribution >= 0.6 is 0 Å². The highest BCUT2D eigenvalue weighted by atomic mass is 15.0. The summed E-state index contributed by atoms with van der Waals surface area (Å²) in [5, 5.41) is 4.08. The standard InChI is InChI=1S/C26H47N/c1-18(2)9-8-10-19(3)21-12-13-22-20-17-27-24-11-6-7-15-26(24,5)23(20)14-16-25(21,22)4/h18-24,27H,6-17H2,1-5H3. The van der Waals surface area contributed by atoms with E-state index >= 15 is 0 Å². The summed E-state index contributed by atoms with van der Waals surface area (Å²) in [4.78, 5) is 0. The van der Waals surface area contributed by atoms with Gasteiger partial charge < -0.3 is 5.32 Å². The van der Waals surface area contributed by atoms with Crippen molar-refractivity contribution in [3.63, 3.8) is 0 Å². The number of piperidine rings is 1. The second-order valence-electron chi connectivity index (χ2n) is 12.1. The molecule has 0 aromatic heterocycles. The van der Waals surface area contributed by atoms with E-state index in [9.17, 15) is 0 Å². The molecular formula is C26H47N. The van der Waals surface area contributed by atoms with Gasteiger partial charge in [0.05, 0.1) is 0 Å². The normalized spacial score (nSPS) is 48.0. The lowest BCUT2D eigenvalue weighted by Crippen LogP contribution is -2.62. The van der Waals surface area contributed by atoms with E-state index in [1.165, 1.54) is 77.2 Å². The van der Waals surface area contributed by atoms with Crippen LogP contribution in [0.3, 0.4) is 0 Å². The van der Waals surface area contributed by atoms with Gasteiger partial charge in [0, 0.05) is 6.04 Å². The molecule has 3 aliphatic carbocycles. The molecule has 8 atom stereocenters. The van der Waals surface area contributed by atoms with Crippen LogP contribution in [-0.4, -0.2) is 12.6 Å². The van der Waals surface area contributed by atoms with Crippen LogP contribution in [0.2, 0.25) is 0 Å². The van der Waals surface area contributed by atoms with Crippen LogP contribution in [-0.2, 0) is 0 Å². The van der Waals surface area contributed by atoms with Crippen molar-refractivity contribution < 1.29 is 0 Å². The molecule has 0 amide bonds. The summed E-state index contributed by atoms with van der Waals surface area (Å²) < 4.78 is 0. The van der Waals surface area contributed by atoms with Crippen LogP contribution in [0.4, 0.5) is 0 Å². The highest BCUT2D eigenvalue weighted by Crippen LogP contribution is 2.65. The minimum atomic E-state index is 0.601. The molecule has 0 spiro atoms. The van der Waals surface area contributed by atoms with Crippen molar-refractivity contribution in [2.75, 3.05) is 6.54 Å². The molecule has 1 heterocycles. The van der Waals surface area contributed by atoms with Gasteiger partial charge in [-0.1, -0.05) is 66.7 Å². The Bertz CT molecular complexity index is 512. The van der Waals surface area contributed by atoms with Crippen LogP contribution in [0.25, 0.3) is 0 Å². The quantitative estimate of drug-likeness (QED) is 0.544. The van der Waals surface area contributed by atoms with Gasteiger partial charge >= 0.3 is 0 Å². The number of fused-ring (bicyclic) bond motifs is 5. The fraction of sp³-hybridized carbons (Fsp3) is 1.00. The molecule has 1 heteroatoms. The lowest BCUT2D eigenvalue weighted by molar-refractivity contribution is -0.0955. The minimum absolute atomic E-state index is 0.601. The Morgan fingerprint density at radius 3 is 2.41 bits per heavy atom. The van der Waals surface area contributed by atoms with E-state index in [0.29, 0.717) is 10.8 Å². The second kappa shape index (κ2) is 7.66. The third-order valence-corrected chi connectivity index (χ3v) is 10.3. The van der Waals surface area contributed by atoms with Crippen molar-refractivity contribution in [2.24, 2.45) is 46.3 Å². The summed E-state index contributed by atoms with van der Waals surface area (Å²) in [6, 6.07) is 0.823. The molecule has 0 aromatic rings. The largest absolute Gasteiger partial charge is 0.313 e. The van der Waals surface area contributed by atoms with Crippen LogP contribution in [0.15, 0.2) is 0 Å². The maximum absolute atomic E-state index is 4.08. The predicted molar refractivity (Wildman–Crippen MR) is 117 cm³/mol. The van der Waals surface area contributed by atoms with Crippen molar-refractivity contribution in [2.45, 2.75) is 111 Å². The molecule has 0 aromatic carbocycles. The number of hydrogen-bond acceptors (Lipinski definition) is 1. The van der Waals surface area contributed by atoms with E-state index in [0.717, 1.165) is 41.5 Å². The van der Waals surface area contributed by atoms with E-state index in [1.54, 1.807) is 0 Å². The summed E-state index contributed by atoms with van der Waals surface area (Å²) in [5.74, 6) is 5.78. The zero-order valence-electron chi connectivity index (χ0n) is 19.0. The first-order valence-electron chi connectivity index (χ1n) is 12.6. The summed E-state index contributed by atoms with van der Waals surface area (Å²) in [6.07, 6.45) is 16.3. The van der Waals surface area contributed by atoms with Gasteiger partial charge in [-0.3, -0.25) is 0 Å². The maximum atomic E-state index is 4.08. The first-order chi connectivity index (χ1) is 12.9. The van der Waals surface area contributed by atoms with Crippen LogP contribution in [0, 0.1) is 46.3 Å². The monoisotopic (exact) mass is 373 g/mol. The highest BCUT2D eigenvalue weighted by Gasteiger charge is 2.60. The van der Waals surface area contributed by atoms with Crippen LogP contribution in [0.1, 0.15) is 105 Å². The SMILES string of the molecule is CC(C)CCCC(C)C1CCC2C3CNC4CCCCC4(C)C3CCC12C. The Kier molecular flexibility index (Phi) is 5.74. The average Bonchev–Trinajstić information content (AvgIpc) is 2.98.